The number of ketones is 1. The molecule has 100 valence electrons. The number of esters is 1. The van der Waals surface area contributed by atoms with Gasteiger partial charge in [0.1, 0.15) is 0 Å². The highest BCUT2D eigenvalue weighted by atomic mass is 16.5. The van der Waals surface area contributed by atoms with Crippen LogP contribution in [0.1, 0.15) is 34.7 Å². The first kappa shape index (κ1) is 12.5. The molecule has 0 bridgehead atoms. The molecule has 0 N–H and O–H groups in total. The highest BCUT2D eigenvalue weighted by molar-refractivity contribution is 6.01. The van der Waals surface area contributed by atoms with E-state index < -0.39 is 5.92 Å². The summed E-state index contributed by atoms with van der Waals surface area (Å²) in [7, 11) is 0. The molecular formula is C16H13NO3. The second-order valence-electron chi connectivity index (χ2n) is 4.69. The number of Topliss-reactive ketones (excluding diaryl/α,β-unsaturated/α-hetero) is 1. The van der Waals surface area contributed by atoms with Crippen LogP contribution in [-0.2, 0) is 4.79 Å². The molecule has 1 aromatic carbocycles. The number of hydrogen-bond acceptors (Lipinski definition) is 4. The largest absolute Gasteiger partial charge is 0.407 e. The number of ether oxygens (including phenoxy) is 1. The van der Waals surface area contributed by atoms with E-state index in [-0.39, 0.29) is 17.6 Å². The second-order valence-corrected chi connectivity index (χ2v) is 4.69. The number of rotatable bonds is 2. The van der Waals surface area contributed by atoms with Crippen LogP contribution in [0.25, 0.3) is 0 Å². The van der Waals surface area contributed by atoms with E-state index in [1.54, 1.807) is 30.5 Å². The Bertz CT molecular complexity index is 652. The van der Waals surface area contributed by atoms with Gasteiger partial charge in [-0.1, -0.05) is 30.3 Å². The third kappa shape index (κ3) is 2.32. The third-order valence-corrected chi connectivity index (χ3v) is 3.42. The molecule has 20 heavy (non-hydrogen) atoms. The van der Waals surface area contributed by atoms with Crippen LogP contribution in [0.5, 0.6) is 5.88 Å². The lowest BCUT2D eigenvalue weighted by atomic mass is 9.82. The van der Waals surface area contributed by atoms with Gasteiger partial charge in [0, 0.05) is 24.2 Å². The monoisotopic (exact) mass is 267 g/mol. The molecule has 0 saturated heterocycles. The molecule has 1 aliphatic rings. The normalized spacial score (nSPS) is 17.4. The van der Waals surface area contributed by atoms with Crippen molar-refractivity contribution < 1.29 is 14.3 Å². The van der Waals surface area contributed by atoms with Gasteiger partial charge in [-0.15, -0.1) is 0 Å². The summed E-state index contributed by atoms with van der Waals surface area (Å²) >= 11 is 0. The van der Waals surface area contributed by atoms with Crippen LogP contribution >= 0.6 is 0 Å². The zero-order valence-corrected chi connectivity index (χ0v) is 10.8. The number of carbonyl (C=O) groups excluding carboxylic acids is 2. The lowest BCUT2D eigenvalue weighted by molar-refractivity contribution is -0.136. The first-order valence-corrected chi connectivity index (χ1v) is 6.50. The van der Waals surface area contributed by atoms with Crippen LogP contribution in [0.3, 0.4) is 0 Å². The van der Waals surface area contributed by atoms with E-state index in [1.165, 1.54) is 0 Å². The number of carbonyl (C=O) groups is 2. The zero-order valence-electron chi connectivity index (χ0n) is 10.8. The zero-order chi connectivity index (χ0) is 13.9. The third-order valence-electron chi connectivity index (χ3n) is 3.42. The van der Waals surface area contributed by atoms with Crippen molar-refractivity contribution in [2.75, 3.05) is 0 Å². The van der Waals surface area contributed by atoms with Crippen molar-refractivity contribution in [1.82, 2.24) is 4.98 Å². The van der Waals surface area contributed by atoms with Gasteiger partial charge in [-0.05, 0) is 18.1 Å². The predicted octanol–water partition coefficient (Wildman–Crippen LogP) is 2.75. The van der Waals surface area contributed by atoms with E-state index in [0.29, 0.717) is 18.4 Å². The number of benzene rings is 1. The van der Waals surface area contributed by atoms with Crippen molar-refractivity contribution >= 4 is 11.8 Å². The molecule has 0 aliphatic heterocycles. The lowest BCUT2D eigenvalue weighted by Crippen LogP contribution is -2.25. The standard InChI is InChI=1S/C16H13NO3/c18-14-9-8-13(11-5-1-2-6-12(11)14)16(19)20-15-7-3-4-10-17-15/h1-7,10,13H,8-9H2. The summed E-state index contributed by atoms with van der Waals surface area (Å²) in [5.74, 6) is -0.385. The summed E-state index contributed by atoms with van der Waals surface area (Å²) in [4.78, 5) is 28.1. The Morgan fingerprint density at radius 3 is 2.75 bits per heavy atom. The highest BCUT2D eigenvalue weighted by Crippen LogP contribution is 2.32. The summed E-state index contributed by atoms with van der Waals surface area (Å²) < 4.78 is 5.28. The van der Waals surface area contributed by atoms with E-state index >= 15 is 0 Å². The van der Waals surface area contributed by atoms with Gasteiger partial charge >= 0.3 is 5.97 Å². The number of aromatic nitrogens is 1. The smallest absolute Gasteiger partial charge is 0.320 e. The number of hydrogen-bond donors (Lipinski definition) is 0. The quantitative estimate of drug-likeness (QED) is 0.785. The van der Waals surface area contributed by atoms with Crippen LogP contribution < -0.4 is 4.74 Å². The maximum Gasteiger partial charge on any atom is 0.320 e. The van der Waals surface area contributed by atoms with Crippen molar-refractivity contribution in [2.45, 2.75) is 18.8 Å². The second kappa shape index (κ2) is 5.25. The van der Waals surface area contributed by atoms with E-state index in [2.05, 4.69) is 4.98 Å². The van der Waals surface area contributed by atoms with E-state index in [0.717, 1.165) is 5.56 Å². The molecule has 0 saturated carbocycles. The average Bonchev–Trinajstić information content (AvgIpc) is 2.49. The minimum absolute atomic E-state index is 0.0856. The van der Waals surface area contributed by atoms with E-state index in [9.17, 15) is 9.59 Å². The van der Waals surface area contributed by atoms with Gasteiger partial charge in [0.2, 0.25) is 5.88 Å². The van der Waals surface area contributed by atoms with Crippen molar-refractivity contribution in [3.8, 4) is 5.88 Å². The minimum atomic E-state index is -0.397. The molecule has 0 fully saturated rings. The summed E-state index contributed by atoms with van der Waals surface area (Å²) in [5, 5.41) is 0. The fourth-order valence-corrected chi connectivity index (χ4v) is 2.45. The van der Waals surface area contributed by atoms with Crippen LogP contribution in [0.2, 0.25) is 0 Å². The Hall–Kier alpha value is -2.49. The van der Waals surface area contributed by atoms with Crippen LogP contribution in [-0.4, -0.2) is 16.7 Å². The predicted molar refractivity (Wildman–Crippen MR) is 72.6 cm³/mol. The molecule has 1 aromatic heterocycles. The van der Waals surface area contributed by atoms with Crippen LogP contribution in [0.4, 0.5) is 0 Å². The molecule has 0 spiro atoms. The first-order chi connectivity index (χ1) is 9.75. The molecule has 2 aromatic rings. The average molecular weight is 267 g/mol. The molecular weight excluding hydrogens is 254 g/mol. The number of nitrogens with zero attached hydrogens (tertiary/aromatic N) is 1. The molecule has 4 heteroatoms. The van der Waals surface area contributed by atoms with Gasteiger partial charge in [0.05, 0.1) is 5.92 Å². The molecule has 1 aliphatic carbocycles. The number of fused-ring (bicyclic) bond motifs is 1. The number of pyridine rings is 1. The summed E-state index contributed by atoms with van der Waals surface area (Å²) in [6.07, 6.45) is 2.43. The topological polar surface area (TPSA) is 56.3 Å². The maximum absolute atomic E-state index is 12.3. The van der Waals surface area contributed by atoms with Crippen molar-refractivity contribution in [1.29, 1.82) is 0 Å². The summed E-state index contributed by atoms with van der Waals surface area (Å²) in [6.45, 7) is 0. The summed E-state index contributed by atoms with van der Waals surface area (Å²) in [6, 6.07) is 12.4. The van der Waals surface area contributed by atoms with Gasteiger partial charge in [0.15, 0.2) is 5.78 Å². The van der Waals surface area contributed by atoms with E-state index in [4.69, 9.17) is 4.74 Å². The highest BCUT2D eigenvalue weighted by Gasteiger charge is 2.31. The molecule has 1 atom stereocenters. The SMILES string of the molecule is O=C1CCC(C(=O)Oc2ccccn2)c2ccccc21. The van der Waals surface area contributed by atoms with Crippen molar-refractivity contribution in [3.05, 3.63) is 59.8 Å². The van der Waals surface area contributed by atoms with Gasteiger partial charge in [-0.25, -0.2) is 4.98 Å². The van der Waals surface area contributed by atoms with Gasteiger partial charge in [-0.3, -0.25) is 9.59 Å². The summed E-state index contributed by atoms with van der Waals surface area (Å²) in [5.41, 5.74) is 1.38. The fourth-order valence-electron chi connectivity index (χ4n) is 2.45. The Labute approximate surface area is 116 Å². The van der Waals surface area contributed by atoms with E-state index in [1.807, 2.05) is 18.2 Å². The first-order valence-electron chi connectivity index (χ1n) is 6.50. The molecule has 0 amide bonds. The lowest BCUT2D eigenvalue weighted by Gasteiger charge is -2.22. The molecule has 1 unspecified atom stereocenters. The van der Waals surface area contributed by atoms with Gasteiger partial charge in [-0.2, -0.15) is 0 Å². The van der Waals surface area contributed by atoms with Crippen molar-refractivity contribution in [2.24, 2.45) is 0 Å². The Kier molecular flexibility index (Phi) is 3.29. The Balaban J connectivity index is 1.86. The molecule has 1 heterocycles. The molecule has 4 nitrogen and oxygen atoms in total. The van der Waals surface area contributed by atoms with Crippen molar-refractivity contribution in [3.63, 3.8) is 0 Å². The minimum Gasteiger partial charge on any atom is -0.407 e. The maximum atomic E-state index is 12.3. The van der Waals surface area contributed by atoms with Crippen LogP contribution in [0, 0.1) is 0 Å². The molecule has 0 radical (unpaired) electrons. The Morgan fingerprint density at radius 1 is 1.15 bits per heavy atom. The van der Waals surface area contributed by atoms with Crippen LogP contribution in [0.15, 0.2) is 48.7 Å². The fraction of sp³-hybridized carbons (Fsp3) is 0.188. The van der Waals surface area contributed by atoms with Gasteiger partial charge in [0.25, 0.3) is 0 Å². The molecule has 3 rings (SSSR count). The Morgan fingerprint density at radius 2 is 1.95 bits per heavy atom. The van der Waals surface area contributed by atoms with Gasteiger partial charge < -0.3 is 4.74 Å².